The maximum atomic E-state index is 12.3. The zero-order chi connectivity index (χ0) is 74.9. The Morgan fingerprint density at radius 1 is 0.519 bits per heavy atom. The Morgan fingerprint density at radius 2 is 0.875 bits per heavy atom. The van der Waals surface area contributed by atoms with Crippen molar-refractivity contribution in [1.29, 1.82) is 0 Å². The van der Waals surface area contributed by atoms with Crippen molar-refractivity contribution in [3.63, 3.8) is 0 Å². The number of nitrogen functional groups attached to an aromatic ring is 2. The summed E-state index contributed by atoms with van der Waals surface area (Å²) in [5, 5.41) is 7.36. The number of aromatic nitrogens is 8. The molecule has 8 unspecified atom stereocenters. The lowest BCUT2D eigenvalue weighted by molar-refractivity contribution is -0.149. The van der Waals surface area contributed by atoms with Gasteiger partial charge in [0.05, 0.1) is 12.1 Å². The SMILES string of the molecule is Cc1cn(C2C[C@@H](N=[N+]=[N-])C(COC(=O)CCCCC(=O)OCCSSCCOC(=O)CCCCC(=O)OCC3OC(n4ccc(N)nc4=O)CS3)O2)c(=O)[nH]c1=O.Cc1cn(C2C[C@@H](N=[N+]=[N-])C(COC(=O)OCCSSCCOC(=O)OCC3OC(n4ccc(N)nc4=O)CS3)O2)c(=O)[nH]c1=O. The number of nitrogens with zero attached hydrogens (tertiary/aromatic N) is 12. The fourth-order valence-corrected chi connectivity index (χ4v) is 15.0. The lowest BCUT2D eigenvalue weighted by Crippen LogP contribution is -2.33. The Morgan fingerprint density at radius 3 is 1.27 bits per heavy atom. The molecule has 0 saturated carbocycles. The third-order valence-electron chi connectivity index (χ3n) is 14.8. The number of thioether (sulfide) groups is 2. The molecule has 46 heteroatoms. The summed E-state index contributed by atoms with van der Waals surface area (Å²) < 4.78 is 69.4. The molecule has 0 bridgehead atoms. The highest BCUT2D eigenvalue weighted by Gasteiger charge is 2.39. The molecule has 8 rings (SSSR count). The van der Waals surface area contributed by atoms with E-state index in [1.54, 1.807) is 0 Å². The third kappa shape index (κ3) is 28.0. The first-order valence-electron chi connectivity index (χ1n) is 32.0. The molecule has 0 aliphatic carbocycles. The minimum atomic E-state index is -0.951. The standard InChI is InChI=1S/C34H46N8O13S3.C24H30N8O11S3/c1-21-17-42(34(49)38-32(21)47)25-16-22(39-40-36)23(54-25)18-52-29(45)8-4-2-6-27(43)50-12-14-57-58-15-13-51-28(44)7-3-5-9-30(46)53-19-31-55-26(20-56-31)41-11-10-24(35)37-33(41)48;1-13-9-32(22(35)28-20(13)33)17-8-14(29-30-26)15(42-17)10-40-23(36)38-4-6-45-46-7-5-39-24(37)41-11-19-43-18(12-44-19)31-3-2-16(25)27-21(31)34/h10-11,17,22-23,25-26,31H,2-9,12-16,18-20H2,1H3,(H2,35,37,48)(H,38,47,49);2-3,9,14-15,17-19H,4-8,10-12H2,1H3,(H2,25,27,34)(H,28,33,35)/t22-,23?,25?,26?,31?;14-,15?,17?,18?,19?/m11/s1. The van der Waals surface area contributed by atoms with Crippen molar-refractivity contribution in [2.24, 2.45) is 10.2 Å². The fourth-order valence-electron chi connectivity index (χ4n) is 9.70. The molecule has 0 amide bonds. The highest BCUT2D eigenvalue weighted by atomic mass is 33.1. The summed E-state index contributed by atoms with van der Waals surface area (Å²) >= 11 is 2.81. The molecule has 4 fully saturated rings. The summed E-state index contributed by atoms with van der Waals surface area (Å²) in [7, 11) is 5.72. The molecule has 40 nitrogen and oxygen atoms in total. The zero-order valence-corrected chi connectivity index (χ0v) is 60.9. The van der Waals surface area contributed by atoms with Gasteiger partial charge in [0.15, 0.2) is 0 Å². The van der Waals surface area contributed by atoms with Gasteiger partial charge in [0.1, 0.15) is 112 Å². The second-order valence-electron chi connectivity index (χ2n) is 22.4. The van der Waals surface area contributed by atoms with Gasteiger partial charge in [0.25, 0.3) is 11.1 Å². The molecule has 0 aromatic carbocycles. The molecule has 6 N–H and O–H groups in total. The van der Waals surface area contributed by atoms with Crippen molar-refractivity contribution in [2.75, 3.05) is 98.8 Å². The number of carbonyl (C=O) groups is 6. The predicted octanol–water partition coefficient (Wildman–Crippen LogP) is 4.84. The van der Waals surface area contributed by atoms with E-state index in [0.717, 1.165) is 0 Å². The van der Waals surface area contributed by atoms with Crippen molar-refractivity contribution in [1.82, 2.24) is 38.2 Å². The Hall–Kier alpha value is -8.30. The van der Waals surface area contributed by atoms with Crippen molar-refractivity contribution in [3.8, 4) is 0 Å². The summed E-state index contributed by atoms with van der Waals surface area (Å²) in [6, 6.07) is 1.58. The lowest BCUT2D eigenvalue weighted by atomic mass is 10.1. The Balaban J connectivity index is 0.000000299. The van der Waals surface area contributed by atoms with Crippen LogP contribution in [0, 0.1) is 13.8 Å². The molecule has 8 heterocycles. The number of carbonyl (C=O) groups excluding carboxylic acids is 6. The Labute approximate surface area is 613 Å². The van der Waals surface area contributed by atoms with E-state index < -0.39 is 118 Å². The molecule has 0 radical (unpaired) electrons. The van der Waals surface area contributed by atoms with Gasteiger partial charge in [-0.3, -0.25) is 57.0 Å². The first kappa shape index (κ1) is 83.0. The fraction of sp³-hybridized carbons (Fsp3) is 0.621. The maximum absolute atomic E-state index is 12.3. The molecule has 0 spiro atoms. The van der Waals surface area contributed by atoms with Crippen LogP contribution in [0.4, 0.5) is 21.2 Å². The zero-order valence-electron chi connectivity index (χ0n) is 56.0. The van der Waals surface area contributed by atoms with Crippen LogP contribution in [0.5, 0.6) is 0 Å². The normalized spacial score (nSPS) is 20.9. The van der Waals surface area contributed by atoms with Gasteiger partial charge >= 0.3 is 58.9 Å². The van der Waals surface area contributed by atoms with Crippen molar-refractivity contribution >= 4 is 115 Å². The number of ether oxygens (including phenoxy) is 12. The number of hydrogen-bond acceptors (Lipinski definition) is 36. The molecule has 4 aliphatic rings. The smallest absolute Gasteiger partial charge is 0.465 e. The second kappa shape index (κ2) is 43.8. The minimum absolute atomic E-state index is 0.0397. The first-order valence-corrected chi connectivity index (χ1v) is 39.1. The van der Waals surface area contributed by atoms with Crippen LogP contribution in [0.25, 0.3) is 20.9 Å². The predicted molar refractivity (Wildman–Crippen MR) is 379 cm³/mol. The summed E-state index contributed by atoms with van der Waals surface area (Å²) in [5.74, 6) is 1.50. The molecule has 10 atom stereocenters. The van der Waals surface area contributed by atoms with Gasteiger partial charge in [0.2, 0.25) is 0 Å². The number of nitrogens with two attached hydrogens (primary N) is 2. The summed E-state index contributed by atoms with van der Waals surface area (Å²) in [6.45, 7) is 3.13. The van der Waals surface area contributed by atoms with Crippen molar-refractivity contribution in [2.45, 2.75) is 138 Å². The van der Waals surface area contributed by atoms with Crippen LogP contribution in [-0.2, 0) is 76.0 Å². The highest BCUT2D eigenvalue weighted by molar-refractivity contribution is 8.77. The Bertz CT molecular complexity index is 4040. The van der Waals surface area contributed by atoms with E-state index in [1.165, 1.54) is 136 Å². The number of unbranched alkanes of at least 4 members (excludes halogenated alkanes) is 2. The van der Waals surface area contributed by atoms with E-state index in [2.05, 4.69) is 40.0 Å². The van der Waals surface area contributed by atoms with Crippen LogP contribution >= 0.6 is 66.7 Å². The number of rotatable bonds is 38. The number of azide groups is 2. The van der Waals surface area contributed by atoms with Gasteiger partial charge in [-0.15, -0.1) is 23.5 Å². The van der Waals surface area contributed by atoms with Crippen LogP contribution in [-0.4, -0.2) is 197 Å². The number of anilines is 2. The second-order valence-corrected chi connectivity index (χ2v) is 30.1. The van der Waals surface area contributed by atoms with E-state index in [4.69, 9.17) is 79.4 Å². The van der Waals surface area contributed by atoms with E-state index in [0.29, 0.717) is 71.3 Å². The largest absolute Gasteiger partial charge is 0.508 e. The third-order valence-corrected chi connectivity index (χ3v) is 21.7. The van der Waals surface area contributed by atoms with Gasteiger partial charge in [-0.25, -0.2) is 28.8 Å². The first-order chi connectivity index (χ1) is 50.1. The molecule has 4 aromatic heterocycles. The van der Waals surface area contributed by atoms with E-state index >= 15 is 0 Å². The van der Waals surface area contributed by atoms with Crippen molar-refractivity contribution in [3.05, 3.63) is 132 Å². The molecular weight excluding hydrogens is 1500 g/mol. The quantitative estimate of drug-likeness (QED) is 0.00886. The van der Waals surface area contributed by atoms with Gasteiger partial charge in [-0.05, 0) is 62.7 Å². The molecule has 568 valence electrons. The van der Waals surface area contributed by atoms with Crippen molar-refractivity contribution < 1.29 is 85.6 Å². The van der Waals surface area contributed by atoms with Crippen LogP contribution < -0.4 is 45.3 Å². The van der Waals surface area contributed by atoms with Crippen LogP contribution in [0.3, 0.4) is 0 Å². The average Bonchev–Trinajstić information content (AvgIpc) is 1.64. The Kier molecular flexibility index (Phi) is 35.0. The number of hydrogen-bond donors (Lipinski definition) is 4. The number of esters is 4. The number of aryl methyl sites for hydroxylation is 2. The molecule has 4 aromatic rings. The topological polar surface area (TPSA) is 542 Å². The lowest BCUT2D eigenvalue weighted by Gasteiger charge is -2.16. The number of nitrogens with one attached hydrogen (secondary N) is 2. The van der Waals surface area contributed by atoms with Gasteiger partial charge in [0, 0.05) is 119 Å². The number of aromatic amines is 2. The van der Waals surface area contributed by atoms with E-state index in [-0.39, 0.29) is 115 Å². The van der Waals surface area contributed by atoms with Gasteiger partial charge in [-0.2, -0.15) is 9.97 Å². The van der Waals surface area contributed by atoms with E-state index in [9.17, 15) is 57.5 Å². The summed E-state index contributed by atoms with van der Waals surface area (Å²) in [5.41, 5.74) is 25.1. The molecular formula is C58H76N16O24S6. The summed E-state index contributed by atoms with van der Waals surface area (Å²) in [4.78, 5) is 161. The van der Waals surface area contributed by atoms with Crippen LogP contribution in [0.1, 0.15) is 100 Å². The van der Waals surface area contributed by atoms with Gasteiger partial charge in [-0.1, -0.05) is 53.4 Å². The van der Waals surface area contributed by atoms with E-state index in [1.807, 2.05) is 0 Å². The number of H-pyrrole nitrogens is 2. The molecule has 4 aliphatic heterocycles. The molecule has 104 heavy (non-hydrogen) atoms. The van der Waals surface area contributed by atoms with Crippen LogP contribution in [0.2, 0.25) is 0 Å². The minimum Gasteiger partial charge on any atom is -0.465 e. The van der Waals surface area contributed by atoms with Gasteiger partial charge < -0.3 is 68.3 Å². The van der Waals surface area contributed by atoms with Crippen LogP contribution in [0.15, 0.2) is 75.9 Å². The summed E-state index contributed by atoms with van der Waals surface area (Å²) in [6.07, 6.45) is 2.09. The monoisotopic (exact) mass is 1570 g/mol. The maximum Gasteiger partial charge on any atom is 0.508 e. The highest BCUT2D eigenvalue weighted by Crippen LogP contribution is 2.35. The average molecular weight is 1570 g/mol. The molecule has 4 saturated heterocycles.